The number of primary amides is 1. The quantitative estimate of drug-likeness (QED) is 0.203. The molecule has 2 atom stereocenters. The molecule has 1 aliphatic heterocycles. The lowest BCUT2D eigenvalue weighted by molar-refractivity contribution is -0.124. The Morgan fingerprint density at radius 2 is 1.64 bits per heavy atom. The molecule has 1 fully saturated rings. The van der Waals surface area contributed by atoms with Crippen molar-refractivity contribution in [2.75, 3.05) is 32.7 Å². The van der Waals surface area contributed by atoms with Gasteiger partial charge in [-0.25, -0.2) is 8.42 Å². The summed E-state index contributed by atoms with van der Waals surface area (Å²) in [6.07, 6.45) is 4.72. The molecule has 9 nitrogen and oxygen atoms in total. The molecule has 47 heavy (non-hydrogen) atoms. The highest BCUT2D eigenvalue weighted by Gasteiger charge is 2.37. The third-order valence-electron chi connectivity index (χ3n) is 8.56. The van der Waals surface area contributed by atoms with Gasteiger partial charge in [0.05, 0.1) is 34.6 Å². The fourth-order valence-corrected chi connectivity index (χ4v) is 8.63. The molecule has 0 spiro atoms. The van der Waals surface area contributed by atoms with Gasteiger partial charge in [-0.15, -0.1) is 0 Å². The van der Waals surface area contributed by atoms with Gasteiger partial charge in [0, 0.05) is 24.0 Å². The number of nitrogens with two attached hydrogens (primary N) is 1. The number of nitriles is 1. The number of nitrogens with one attached hydrogen (secondary N) is 1. The molecule has 1 aliphatic rings. The maximum atomic E-state index is 14.2. The van der Waals surface area contributed by atoms with Crippen LogP contribution in [0.4, 0.5) is 0 Å². The Balaban J connectivity index is 1.47. The Labute approximate surface area is 287 Å². The highest BCUT2D eigenvalue weighted by atomic mass is 35.5. The van der Waals surface area contributed by atoms with E-state index in [9.17, 15) is 18.0 Å². The molecular formula is C35H41Cl2N5O4S. The van der Waals surface area contributed by atoms with Gasteiger partial charge in [-0.3, -0.25) is 14.5 Å². The number of sulfone groups is 1. The summed E-state index contributed by atoms with van der Waals surface area (Å²) in [4.78, 5) is 29.2. The summed E-state index contributed by atoms with van der Waals surface area (Å²) in [6, 6.07) is 21.9. The summed E-state index contributed by atoms with van der Waals surface area (Å²) in [6.45, 7) is 3.27. The lowest BCUT2D eigenvalue weighted by Gasteiger charge is -2.31. The minimum absolute atomic E-state index is 0.00536. The second-order valence-electron chi connectivity index (χ2n) is 11.9. The van der Waals surface area contributed by atoms with Crippen LogP contribution in [0.2, 0.25) is 10.0 Å². The van der Waals surface area contributed by atoms with E-state index in [2.05, 4.69) is 16.3 Å². The van der Waals surface area contributed by atoms with E-state index < -0.39 is 33.6 Å². The number of carbonyl (C=O) groups excluding carboxylic acids is 2. The number of likely N-dealkylation sites (tertiary alicyclic amines) is 1. The predicted molar refractivity (Wildman–Crippen MR) is 185 cm³/mol. The van der Waals surface area contributed by atoms with Crippen LogP contribution in [0.3, 0.4) is 0 Å². The minimum atomic E-state index is -4.22. The molecule has 2 amide bonds. The SMILES string of the molecule is Cc1c(Cl)ccc(S(=O)(=O)C(Cc2ccccc2)N(CC(N)=O)CC(=O)NCCCC(Cc2ccc(C#N)cc2)N2CCCC2)c1Cl. The summed E-state index contributed by atoms with van der Waals surface area (Å²) < 4.78 is 28.4. The maximum Gasteiger partial charge on any atom is 0.234 e. The first-order valence-electron chi connectivity index (χ1n) is 15.7. The fraction of sp³-hybridized carbons (Fsp3) is 0.400. The van der Waals surface area contributed by atoms with Crippen LogP contribution >= 0.6 is 23.2 Å². The number of amides is 2. The standard InChI is InChI=1S/C35H41Cl2N5O4S/c1-25-30(36)15-16-31(35(25)37)47(45,46)34(21-26-8-3-2-4-9-26)42(23-32(39)43)24-33(44)40-17-7-10-29(41-18-5-6-19-41)20-27-11-13-28(22-38)14-12-27/h2-4,8-9,11-16,29,34H,5-7,10,17-21,23-24H2,1H3,(H2,39,43)(H,40,44). The van der Waals surface area contributed by atoms with E-state index in [1.165, 1.54) is 17.0 Å². The van der Waals surface area contributed by atoms with E-state index in [1.807, 2.05) is 30.3 Å². The Morgan fingerprint density at radius 1 is 0.979 bits per heavy atom. The highest BCUT2D eigenvalue weighted by molar-refractivity contribution is 7.92. The minimum Gasteiger partial charge on any atom is -0.369 e. The van der Waals surface area contributed by atoms with Crippen LogP contribution in [0, 0.1) is 18.3 Å². The van der Waals surface area contributed by atoms with E-state index in [0.29, 0.717) is 40.7 Å². The Morgan fingerprint density at radius 3 is 2.28 bits per heavy atom. The normalized spacial score (nSPS) is 14.9. The summed E-state index contributed by atoms with van der Waals surface area (Å²) in [7, 11) is -4.22. The second-order valence-corrected chi connectivity index (χ2v) is 14.8. The largest absolute Gasteiger partial charge is 0.369 e. The second kappa shape index (κ2) is 17.1. The first-order valence-corrected chi connectivity index (χ1v) is 18.0. The summed E-state index contributed by atoms with van der Waals surface area (Å²) in [5, 5.41) is 11.1. The van der Waals surface area contributed by atoms with Crippen LogP contribution in [0.1, 0.15) is 47.9 Å². The van der Waals surface area contributed by atoms with Crippen LogP contribution in [0.5, 0.6) is 0 Å². The number of nitrogens with zero attached hydrogens (tertiary/aromatic N) is 3. The molecule has 250 valence electrons. The van der Waals surface area contributed by atoms with E-state index in [4.69, 9.17) is 34.2 Å². The van der Waals surface area contributed by atoms with Crippen molar-refractivity contribution < 1.29 is 18.0 Å². The Hall–Kier alpha value is -3.46. The summed E-state index contributed by atoms with van der Waals surface area (Å²) in [5.41, 5.74) is 8.49. The van der Waals surface area contributed by atoms with Crippen LogP contribution in [0.25, 0.3) is 0 Å². The smallest absolute Gasteiger partial charge is 0.234 e. The van der Waals surface area contributed by atoms with Crippen molar-refractivity contribution >= 4 is 44.9 Å². The average Bonchev–Trinajstić information content (AvgIpc) is 3.59. The Bertz CT molecular complexity index is 1670. The van der Waals surface area contributed by atoms with Crippen molar-refractivity contribution in [2.45, 2.75) is 61.8 Å². The van der Waals surface area contributed by atoms with Crippen LogP contribution < -0.4 is 11.1 Å². The van der Waals surface area contributed by atoms with Crippen LogP contribution in [0.15, 0.2) is 71.6 Å². The topological polar surface area (TPSA) is 137 Å². The molecule has 0 bridgehead atoms. The van der Waals surface area contributed by atoms with E-state index in [1.54, 1.807) is 31.2 Å². The van der Waals surface area contributed by atoms with Crippen LogP contribution in [-0.2, 0) is 32.3 Å². The molecule has 0 radical (unpaired) electrons. The molecule has 4 rings (SSSR count). The number of hydrogen-bond donors (Lipinski definition) is 2. The van der Waals surface area contributed by atoms with Crippen molar-refractivity contribution in [3.05, 3.63) is 99.0 Å². The maximum absolute atomic E-state index is 14.2. The number of rotatable bonds is 16. The van der Waals surface area contributed by atoms with E-state index >= 15 is 0 Å². The van der Waals surface area contributed by atoms with Crippen molar-refractivity contribution in [3.63, 3.8) is 0 Å². The highest BCUT2D eigenvalue weighted by Crippen LogP contribution is 2.34. The first-order chi connectivity index (χ1) is 22.5. The van der Waals surface area contributed by atoms with E-state index in [-0.39, 0.29) is 22.9 Å². The Kier molecular flexibility index (Phi) is 13.2. The van der Waals surface area contributed by atoms with Gasteiger partial charge in [0.15, 0.2) is 9.84 Å². The lowest BCUT2D eigenvalue weighted by atomic mass is 9.99. The molecular weight excluding hydrogens is 657 g/mol. The summed E-state index contributed by atoms with van der Waals surface area (Å²) in [5.74, 6) is -1.18. The third-order valence-corrected chi connectivity index (χ3v) is 11.7. The van der Waals surface area contributed by atoms with Crippen molar-refractivity contribution in [2.24, 2.45) is 5.73 Å². The van der Waals surface area contributed by atoms with Gasteiger partial charge in [-0.1, -0.05) is 65.7 Å². The molecule has 1 heterocycles. The molecule has 3 aromatic rings. The first kappa shape index (κ1) is 36.4. The van der Waals surface area contributed by atoms with Crippen molar-refractivity contribution in [3.8, 4) is 6.07 Å². The molecule has 1 saturated heterocycles. The number of carbonyl (C=O) groups is 2. The van der Waals surface area contributed by atoms with Crippen molar-refractivity contribution in [1.29, 1.82) is 5.26 Å². The molecule has 0 aromatic heterocycles. The third kappa shape index (κ3) is 10.0. The molecule has 0 saturated carbocycles. The van der Waals surface area contributed by atoms with Crippen LogP contribution in [-0.4, -0.2) is 74.2 Å². The zero-order valence-electron chi connectivity index (χ0n) is 26.5. The van der Waals surface area contributed by atoms with E-state index in [0.717, 1.165) is 44.3 Å². The van der Waals surface area contributed by atoms with Gasteiger partial charge in [-0.05, 0) is 93.1 Å². The van der Waals surface area contributed by atoms with Gasteiger partial charge < -0.3 is 16.0 Å². The number of benzene rings is 3. The summed E-state index contributed by atoms with van der Waals surface area (Å²) >= 11 is 12.7. The van der Waals surface area contributed by atoms with Crippen molar-refractivity contribution in [1.82, 2.24) is 15.1 Å². The zero-order valence-corrected chi connectivity index (χ0v) is 28.8. The molecule has 3 N–H and O–H groups in total. The van der Waals surface area contributed by atoms with Gasteiger partial charge in [0.1, 0.15) is 5.37 Å². The van der Waals surface area contributed by atoms with Gasteiger partial charge in [0.2, 0.25) is 11.8 Å². The predicted octanol–water partition coefficient (Wildman–Crippen LogP) is 4.91. The number of hydrogen-bond acceptors (Lipinski definition) is 7. The van der Waals surface area contributed by atoms with Gasteiger partial charge in [-0.2, -0.15) is 5.26 Å². The molecule has 2 unspecified atom stereocenters. The monoisotopic (exact) mass is 697 g/mol. The molecule has 12 heteroatoms. The molecule has 0 aliphatic carbocycles. The van der Waals surface area contributed by atoms with Gasteiger partial charge >= 0.3 is 0 Å². The zero-order chi connectivity index (χ0) is 34.0. The average molecular weight is 699 g/mol. The van der Waals surface area contributed by atoms with Gasteiger partial charge in [0.25, 0.3) is 0 Å². The fourth-order valence-electron chi connectivity index (χ4n) is 6.03. The lowest BCUT2D eigenvalue weighted by Crippen LogP contribution is -2.50. The number of halogens is 2. The molecule has 3 aromatic carbocycles.